The molecule has 24 heavy (non-hydrogen) atoms. The fraction of sp³-hybridized carbons (Fsp3) is 0.412. The molecule has 1 saturated heterocycles. The number of hydrogen-bond acceptors (Lipinski definition) is 6. The van der Waals surface area contributed by atoms with Crippen LogP contribution in [0.5, 0.6) is 11.5 Å². The lowest BCUT2D eigenvalue weighted by molar-refractivity contribution is 0.0736. The molecule has 0 amide bonds. The first-order valence-corrected chi connectivity index (χ1v) is 7.72. The van der Waals surface area contributed by atoms with Crippen LogP contribution in [0.3, 0.4) is 0 Å². The maximum Gasteiger partial charge on any atom is 0.157 e. The molecule has 3 rings (SSSR count). The molecular formula is C17H20N4O3. The van der Waals surface area contributed by atoms with Crippen LogP contribution in [0, 0.1) is 11.3 Å². The monoisotopic (exact) mass is 328 g/mol. The predicted molar refractivity (Wildman–Crippen MR) is 86.6 cm³/mol. The quantitative estimate of drug-likeness (QED) is 0.879. The minimum Gasteiger partial charge on any atom is -0.496 e. The molecule has 2 aromatic rings. The van der Waals surface area contributed by atoms with E-state index in [9.17, 15) is 5.11 Å². The number of aliphatic hydroxyl groups excluding tert-OH is 1. The Morgan fingerprint density at radius 3 is 2.92 bits per heavy atom. The summed E-state index contributed by atoms with van der Waals surface area (Å²) in [5, 5.41) is 23.3. The first kappa shape index (κ1) is 16.3. The van der Waals surface area contributed by atoms with Crippen LogP contribution >= 0.6 is 0 Å². The molecule has 0 saturated carbocycles. The standard InChI is InChI=1S/C17H20N4O3/c1-20-9-14(7-19-20)24-17-11-21(10-15(17)22)8-13-4-3-12(6-18)5-16(13)23-2/h3-5,7,9,15,17,22H,8,10-11H2,1-2H3/t15-,17-/m1/s1. The predicted octanol–water partition coefficient (Wildman–Crippen LogP) is 0.924. The topological polar surface area (TPSA) is 83.5 Å². The number of nitrogens with zero attached hydrogens (tertiary/aromatic N) is 4. The molecule has 2 heterocycles. The summed E-state index contributed by atoms with van der Waals surface area (Å²) < 4.78 is 12.9. The van der Waals surface area contributed by atoms with Gasteiger partial charge in [-0.2, -0.15) is 10.4 Å². The lowest BCUT2D eigenvalue weighted by atomic mass is 10.1. The Balaban J connectivity index is 1.66. The second-order valence-electron chi connectivity index (χ2n) is 5.91. The third kappa shape index (κ3) is 3.50. The molecule has 0 spiro atoms. The highest BCUT2D eigenvalue weighted by atomic mass is 16.5. The molecule has 0 aliphatic carbocycles. The number of aliphatic hydroxyl groups is 1. The molecule has 1 fully saturated rings. The van der Waals surface area contributed by atoms with Crippen molar-refractivity contribution < 1.29 is 14.6 Å². The van der Waals surface area contributed by atoms with Gasteiger partial charge < -0.3 is 14.6 Å². The van der Waals surface area contributed by atoms with Gasteiger partial charge in [-0.1, -0.05) is 6.07 Å². The number of aromatic nitrogens is 2. The summed E-state index contributed by atoms with van der Waals surface area (Å²) in [6, 6.07) is 7.49. The maximum absolute atomic E-state index is 10.2. The number of β-amino-alcohol motifs (C(OH)–C–C–N with tert-alkyl or cyclic N) is 1. The van der Waals surface area contributed by atoms with E-state index in [0.717, 1.165) is 5.56 Å². The molecule has 0 bridgehead atoms. The Hall–Kier alpha value is -2.56. The number of hydrogen-bond donors (Lipinski definition) is 1. The fourth-order valence-electron chi connectivity index (χ4n) is 2.90. The summed E-state index contributed by atoms with van der Waals surface area (Å²) in [6.07, 6.45) is 2.56. The average molecular weight is 328 g/mol. The number of nitriles is 1. The van der Waals surface area contributed by atoms with Crippen LogP contribution in [0.25, 0.3) is 0 Å². The molecule has 0 radical (unpaired) electrons. The number of rotatable bonds is 5. The van der Waals surface area contributed by atoms with Gasteiger partial charge in [-0.05, 0) is 12.1 Å². The molecule has 7 nitrogen and oxygen atoms in total. The second-order valence-corrected chi connectivity index (χ2v) is 5.91. The van der Waals surface area contributed by atoms with E-state index in [2.05, 4.69) is 16.1 Å². The van der Waals surface area contributed by atoms with Crippen molar-refractivity contribution in [1.82, 2.24) is 14.7 Å². The Morgan fingerprint density at radius 1 is 1.42 bits per heavy atom. The van der Waals surface area contributed by atoms with Gasteiger partial charge in [-0.15, -0.1) is 0 Å². The lowest BCUT2D eigenvalue weighted by Gasteiger charge is -2.17. The zero-order chi connectivity index (χ0) is 17.1. The second kappa shape index (κ2) is 6.91. The van der Waals surface area contributed by atoms with E-state index in [0.29, 0.717) is 36.7 Å². The van der Waals surface area contributed by atoms with Crippen LogP contribution in [-0.2, 0) is 13.6 Å². The van der Waals surface area contributed by atoms with Gasteiger partial charge in [0.25, 0.3) is 0 Å². The van der Waals surface area contributed by atoms with Crippen LogP contribution in [0.15, 0.2) is 30.6 Å². The first-order valence-electron chi connectivity index (χ1n) is 7.72. The van der Waals surface area contributed by atoms with E-state index in [1.807, 2.05) is 13.1 Å². The molecule has 1 aliphatic rings. The van der Waals surface area contributed by atoms with Gasteiger partial charge in [-0.3, -0.25) is 9.58 Å². The van der Waals surface area contributed by atoms with Gasteiger partial charge >= 0.3 is 0 Å². The van der Waals surface area contributed by atoms with Gasteiger partial charge in [0.2, 0.25) is 0 Å². The molecular weight excluding hydrogens is 308 g/mol. The number of ether oxygens (including phenoxy) is 2. The van der Waals surface area contributed by atoms with Gasteiger partial charge in [0.1, 0.15) is 18.0 Å². The molecule has 2 atom stereocenters. The number of benzene rings is 1. The molecule has 1 aromatic heterocycles. The lowest BCUT2D eigenvalue weighted by Crippen LogP contribution is -2.29. The molecule has 0 unspecified atom stereocenters. The van der Waals surface area contributed by atoms with Crippen LogP contribution < -0.4 is 9.47 Å². The van der Waals surface area contributed by atoms with Gasteiger partial charge in [0.05, 0.1) is 31.1 Å². The van der Waals surface area contributed by atoms with E-state index >= 15 is 0 Å². The Labute approximate surface area is 140 Å². The van der Waals surface area contributed by atoms with Crippen molar-refractivity contribution in [3.63, 3.8) is 0 Å². The van der Waals surface area contributed by atoms with E-state index in [-0.39, 0.29) is 6.10 Å². The van der Waals surface area contributed by atoms with Crippen LogP contribution in [0.1, 0.15) is 11.1 Å². The third-order valence-electron chi connectivity index (χ3n) is 4.09. The number of aryl methyl sites for hydroxylation is 1. The van der Waals surface area contributed by atoms with Crippen molar-refractivity contribution in [3.05, 3.63) is 41.7 Å². The van der Waals surface area contributed by atoms with Gasteiger partial charge in [0, 0.05) is 32.2 Å². The molecule has 1 aromatic carbocycles. The first-order chi connectivity index (χ1) is 11.6. The van der Waals surface area contributed by atoms with E-state index in [4.69, 9.17) is 14.7 Å². The van der Waals surface area contributed by atoms with Gasteiger partial charge in [-0.25, -0.2) is 0 Å². The van der Waals surface area contributed by atoms with Crippen molar-refractivity contribution in [1.29, 1.82) is 5.26 Å². The minimum absolute atomic E-state index is 0.293. The summed E-state index contributed by atoms with van der Waals surface area (Å²) in [4.78, 5) is 2.11. The average Bonchev–Trinajstić information content (AvgIpc) is 3.14. The molecule has 1 N–H and O–H groups in total. The summed E-state index contributed by atoms with van der Waals surface area (Å²) in [7, 11) is 3.41. The molecule has 126 valence electrons. The van der Waals surface area contributed by atoms with Crippen molar-refractivity contribution >= 4 is 0 Å². The van der Waals surface area contributed by atoms with Crippen molar-refractivity contribution in [2.75, 3.05) is 20.2 Å². The summed E-state index contributed by atoms with van der Waals surface area (Å²) in [6.45, 7) is 1.76. The highest BCUT2D eigenvalue weighted by Gasteiger charge is 2.33. The SMILES string of the molecule is COc1cc(C#N)ccc1CN1C[C@@H](O)[C@H](Oc2cnn(C)c2)C1. The molecule has 1 aliphatic heterocycles. The Morgan fingerprint density at radius 2 is 2.25 bits per heavy atom. The summed E-state index contributed by atoms with van der Waals surface area (Å²) >= 11 is 0. The van der Waals surface area contributed by atoms with E-state index in [1.165, 1.54) is 0 Å². The summed E-state index contributed by atoms with van der Waals surface area (Å²) in [5.41, 5.74) is 1.54. The van der Waals surface area contributed by atoms with Crippen molar-refractivity contribution in [2.24, 2.45) is 7.05 Å². The zero-order valence-electron chi connectivity index (χ0n) is 13.7. The van der Waals surface area contributed by atoms with Crippen molar-refractivity contribution in [3.8, 4) is 17.6 Å². The molecule has 7 heteroatoms. The normalized spacial score (nSPS) is 20.8. The number of methoxy groups -OCH3 is 1. The van der Waals surface area contributed by atoms with E-state index < -0.39 is 6.10 Å². The largest absolute Gasteiger partial charge is 0.496 e. The van der Waals surface area contributed by atoms with Crippen LogP contribution in [0.2, 0.25) is 0 Å². The minimum atomic E-state index is -0.561. The maximum atomic E-state index is 10.2. The highest BCUT2D eigenvalue weighted by molar-refractivity contribution is 5.42. The van der Waals surface area contributed by atoms with E-state index in [1.54, 1.807) is 36.3 Å². The smallest absolute Gasteiger partial charge is 0.157 e. The van der Waals surface area contributed by atoms with Crippen molar-refractivity contribution in [2.45, 2.75) is 18.8 Å². The fourth-order valence-corrected chi connectivity index (χ4v) is 2.90. The zero-order valence-corrected chi connectivity index (χ0v) is 13.7. The van der Waals surface area contributed by atoms with Crippen LogP contribution in [-0.4, -0.2) is 52.2 Å². The third-order valence-corrected chi connectivity index (χ3v) is 4.09. The highest BCUT2D eigenvalue weighted by Crippen LogP contribution is 2.25. The van der Waals surface area contributed by atoms with Gasteiger partial charge in [0.15, 0.2) is 5.75 Å². The van der Waals surface area contributed by atoms with Crippen LogP contribution in [0.4, 0.5) is 0 Å². The Kier molecular flexibility index (Phi) is 4.69. The Bertz CT molecular complexity index is 753. The number of likely N-dealkylation sites (tertiary alicyclic amines) is 1. The summed E-state index contributed by atoms with van der Waals surface area (Å²) in [5.74, 6) is 1.33.